The van der Waals surface area contributed by atoms with Crippen LogP contribution in [0.1, 0.15) is 24.8 Å². The van der Waals surface area contributed by atoms with Crippen LogP contribution >= 0.6 is 15.9 Å². The van der Waals surface area contributed by atoms with Crippen LogP contribution in [0, 0.1) is 5.92 Å². The molecule has 0 aromatic heterocycles. The molecule has 1 fully saturated rings. The second kappa shape index (κ2) is 4.19. The van der Waals surface area contributed by atoms with Crippen molar-refractivity contribution in [3.63, 3.8) is 0 Å². The third-order valence-electron chi connectivity index (χ3n) is 4.47. The number of rotatable bonds is 2. The highest BCUT2D eigenvalue weighted by Gasteiger charge is 2.56. The molecule has 0 heterocycles. The molecule has 18 heavy (non-hydrogen) atoms. The Bertz CT molecular complexity index is 482. The van der Waals surface area contributed by atoms with Crippen LogP contribution in [-0.2, 0) is 10.3 Å². The van der Waals surface area contributed by atoms with Crippen LogP contribution in [0.25, 0.3) is 0 Å². The lowest BCUT2D eigenvalue weighted by Crippen LogP contribution is -2.57. The van der Waals surface area contributed by atoms with Crippen molar-refractivity contribution < 1.29 is 9.84 Å². The number of aliphatic hydroxyl groups is 1. The highest BCUT2D eigenvalue weighted by Crippen LogP contribution is 2.53. The van der Waals surface area contributed by atoms with E-state index in [2.05, 4.69) is 28.1 Å². The predicted octanol–water partition coefficient (Wildman–Crippen LogP) is 3.39. The average molecular weight is 309 g/mol. The number of hydrogen-bond donors (Lipinski definition) is 1. The number of methoxy groups -OCH3 is 1. The number of halogens is 1. The topological polar surface area (TPSA) is 29.5 Å². The Hall–Kier alpha value is -0.640. The smallest absolute Gasteiger partial charge is 0.123 e. The van der Waals surface area contributed by atoms with Crippen molar-refractivity contribution in [2.24, 2.45) is 5.92 Å². The molecule has 0 spiro atoms. The van der Waals surface area contributed by atoms with Crippen molar-refractivity contribution in [1.82, 2.24) is 0 Å². The normalized spacial score (nSPS) is 38.1. The molecular formula is C15H17BrO2. The molecule has 3 aliphatic rings. The maximum Gasteiger partial charge on any atom is 0.123 e. The van der Waals surface area contributed by atoms with Crippen LogP contribution in [-0.4, -0.2) is 17.8 Å². The summed E-state index contributed by atoms with van der Waals surface area (Å²) < 4.78 is 6.74. The molecule has 0 amide bonds. The number of hydrogen-bond acceptors (Lipinski definition) is 2. The summed E-state index contributed by atoms with van der Waals surface area (Å²) in [5.74, 6) is 0.468. The van der Waals surface area contributed by atoms with E-state index in [0.717, 1.165) is 29.3 Å². The van der Waals surface area contributed by atoms with Gasteiger partial charge in [0.05, 0.1) is 0 Å². The Morgan fingerprint density at radius 3 is 2.61 bits per heavy atom. The molecule has 1 aromatic rings. The van der Waals surface area contributed by atoms with Crippen LogP contribution in [0.15, 0.2) is 40.9 Å². The molecule has 1 saturated carbocycles. The summed E-state index contributed by atoms with van der Waals surface area (Å²) in [5.41, 5.74) is -0.517. The van der Waals surface area contributed by atoms with Gasteiger partial charge in [0.1, 0.15) is 11.2 Å². The zero-order chi connectivity index (χ0) is 12.8. The van der Waals surface area contributed by atoms with Gasteiger partial charge in [-0.25, -0.2) is 0 Å². The van der Waals surface area contributed by atoms with Crippen molar-refractivity contribution in [3.8, 4) is 0 Å². The lowest BCUT2D eigenvalue weighted by Gasteiger charge is -2.53. The van der Waals surface area contributed by atoms with Crippen molar-refractivity contribution in [1.29, 1.82) is 0 Å². The summed E-state index contributed by atoms with van der Waals surface area (Å²) in [4.78, 5) is 0. The summed E-state index contributed by atoms with van der Waals surface area (Å²) in [6.45, 7) is 0. The lowest BCUT2D eigenvalue weighted by atomic mass is 9.60. The van der Waals surface area contributed by atoms with Gasteiger partial charge in [0.2, 0.25) is 0 Å². The zero-order valence-electron chi connectivity index (χ0n) is 10.4. The van der Waals surface area contributed by atoms with E-state index in [9.17, 15) is 5.11 Å². The SMILES string of the molecule is CO[C@@]12C=C[C@@H](CC1)C[C@]2(O)c1ccc(Br)cc1. The Kier molecular flexibility index (Phi) is 2.88. The minimum Gasteiger partial charge on any atom is -0.382 e. The van der Waals surface area contributed by atoms with Gasteiger partial charge in [-0.15, -0.1) is 0 Å². The zero-order valence-corrected chi connectivity index (χ0v) is 12.0. The fourth-order valence-electron chi connectivity index (χ4n) is 3.36. The quantitative estimate of drug-likeness (QED) is 0.849. The van der Waals surface area contributed by atoms with E-state index in [1.54, 1.807) is 7.11 Å². The second-order valence-electron chi connectivity index (χ2n) is 5.32. The number of fused-ring (bicyclic) bond motifs is 2. The van der Waals surface area contributed by atoms with Crippen LogP contribution < -0.4 is 0 Å². The lowest BCUT2D eigenvalue weighted by molar-refractivity contribution is -0.185. The molecule has 3 heteroatoms. The fourth-order valence-corrected chi connectivity index (χ4v) is 3.63. The first-order valence-electron chi connectivity index (χ1n) is 6.33. The van der Waals surface area contributed by atoms with Crippen LogP contribution in [0.2, 0.25) is 0 Å². The second-order valence-corrected chi connectivity index (χ2v) is 6.24. The van der Waals surface area contributed by atoms with Crippen molar-refractivity contribution in [2.45, 2.75) is 30.5 Å². The van der Waals surface area contributed by atoms with Gasteiger partial charge in [-0.05, 0) is 42.9 Å². The van der Waals surface area contributed by atoms with Crippen molar-refractivity contribution in [3.05, 3.63) is 46.5 Å². The van der Waals surface area contributed by atoms with E-state index in [1.165, 1.54) is 0 Å². The third-order valence-corrected chi connectivity index (χ3v) is 5.00. The summed E-state index contributed by atoms with van der Waals surface area (Å²) in [5, 5.41) is 11.2. The summed E-state index contributed by atoms with van der Waals surface area (Å²) in [6, 6.07) is 7.92. The predicted molar refractivity (Wildman–Crippen MR) is 74.3 cm³/mol. The highest BCUT2D eigenvalue weighted by molar-refractivity contribution is 9.10. The Balaban J connectivity index is 2.09. The molecule has 0 aliphatic heterocycles. The van der Waals surface area contributed by atoms with E-state index < -0.39 is 11.2 Å². The molecule has 1 aromatic carbocycles. The largest absolute Gasteiger partial charge is 0.382 e. The molecule has 0 unspecified atom stereocenters. The molecule has 3 aliphatic carbocycles. The minimum atomic E-state index is -0.903. The van der Waals surface area contributed by atoms with Gasteiger partial charge in [-0.1, -0.05) is 40.2 Å². The number of allylic oxidation sites excluding steroid dienone is 1. The molecule has 2 nitrogen and oxygen atoms in total. The average Bonchev–Trinajstić information content (AvgIpc) is 2.40. The van der Waals surface area contributed by atoms with Crippen LogP contribution in [0.5, 0.6) is 0 Å². The molecule has 2 bridgehead atoms. The molecular weight excluding hydrogens is 292 g/mol. The highest BCUT2D eigenvalue weighted by atomic mass is 79.9. The summed E-state index contributed by atoms with van der Waals surface area (Å²) in [7, 11) is 1.69. The molecule has 1 N–H and O–H groups in total. The summed E-state index contributed by atoms with van der Waals surface area (Å²) >= 11 is 3.43. The molecule has 3 atom stereocenters. The Morgan fingerprint density at radius 2 is 2.06 bits per heavy atom. The van der Waals surface area contributed by atoms with Gasteiger partial charge in [-0.2, -0.15) is 0 Å². The maximum atomic E-state index is 11.2. The van der Waals surface area contributed by atoms with E-state index in [4.69, 9.17) is 4.74 Å². The third kappa shape index (κ3) is 1.61. The standard InChI is InChI=1S/C15H17BrO2/c1-18-14-8-6-11(7-9-14)10-15(14,17)12-2-4-13(16)5-3-12/h2-6,8,11,17H,7,9-10H2,1H3/t11-,14-,15-/m0/s1. The van der Waals surface area contributed by atoms with Gasteiger partial charge in [0, 0.05) is 11.6 Å². The number of ether oxygens (including phenoxy) is 1. The van der Waals surface area contributed by atoms with Gasteiger partial charge in [0.25, 0.3) is 0 Å². The minimum absolute atomic E-state index is 0.468. The Morgan fingerprint density at radius 1 is 1.33 bits per heavy atom. The summed E-state index contributed by atoms with van der Waals surface area (Å²) in [6.07, 6.45) is 6.99. The van der Waals surface area contributed by atoms with Gasteiger partial charge < -0.3 is 9.84 Å². The van der Waals surface area contributed by atoms with Crippen LogP contribution in [0.4, 0.5) is 0 Å². The van der Waals surface area contributed by atoms with Gasteiger partial charge in [-0.3, -0.25) is 0 Å². The van der Waals surface area contributed by atoms with Crippen LogP contribution in [0.3, 0.4) is 0 Å². The Labute approximate surface area is 116 Å². The first kappa shape index (κ1) is 12.4. The molecule has 96 valence electrons. The van der Waals surface area contributed by atoms with E-state index in [1.807, 2.05) is 24.3 Å². The van der Waals surface area contributed by atoms with E-state index >= 15 is 0 Å². The van der Waals surface area contributed by atoms with E-state index in [-0.39, 0.29) is 0 Å². The maximum absolute atomic E-state index is 11.2. The van der Waals surface area contributed by atoms with Gasteiger partial charge >= 0.3 is 0 Å². The number of benzene rings is 1. The van der Waals surface area contributed by atoms with Crippen molar-refractivity contribution >= 4 is 15.9 Å². The fraction of sp³-hybridized carbons (Fsp3) is 0.467. The van der Waals surface area contributed by atoms with Gasteiger partial charge in [0.15, 0.2) is 0 Å². The molecule has 0 radical (unpaired) electrons. The van der Waals surface area contributed by atoms with E-state index in [0.29, 0.717) is 5.92 Å². The van der Waals surface area contributed by atoms with Crippen molar-refractivity contribution in [2.75, 3.05) is 7.11 Å². The first-order valence-corrected chi connectivity index (χ1v) is 7.12. The molecule has 4 rings (SSSR count). The first-order chi connectivity index (χ1) is 8.60. The molecule has 0 saturated heterocycles. The monoisotopic (exact) mass is 308 g/mol.